The van der Waals surface area contributed by atoms with E-state index in [9.17, 15) is 8.42 Å². The Morgan fingerprint density at radius 1 is 0.923 bits per heavy atom. The molecule has 0 aliphatic heterocycles. The van der Waals surface area contributed by atoms with Gasteiger partial charge in [0.25, 0.3) is 0 Å². The van der Waals surface area contributed by atoms with Gasteiger partial charge in [-0.1, -0.05) is 0 Å². The van der Waals surface area contributed by atoms with Crippen LogP contribution in [0.15, 0.2) is 67.4 Å². The molecule has 0 fully saturated rings. The maximum atomic E-state index is 13.0. The van der Waals surface area contributed by atoms with Crippen molar-refractivity contribution < 1.29 is 17.9 Å². The van der Waals surface area contributed by atoms with E-state index >= 15 is 0 Å². The largest absolute Gasteiger partial charge is 0.497 e. The van der Waals surface area contributed by atoms with E-state index in [1.807, 2.05) is 48.5 Å². The van der Waals surface area contributed by atoms with Gasteiger partial charge < -0.3 is 14.4 Å². The summed E-state index contributed by atoms with van der Waals surface area (Å²) in [6.45, 7) is 0.123. The molecule has 0 saturated carbocycles. The first kappa shape index (κ1) is 26.1. The first-order chi connectivity index (χ1) is 18.7. The Balaban J connectivity index is 1.65. The lowest BCUT2D eigenvalue weighted by Gasteiger charge is -2.26. The molecule has 12 nitrogen and oxygen atoms in total. The van der Waals surface area contributed by atoms with E-state index in [0.717, 1.165) is 15.6 Å². The normalized spacial score (nSPS) is 11.7. The zero-order valence-electron chi connectivity index (χ0n) is 22.2. The Kier molecular flexibility index (Phi) is 6.93. The Morgan fingerprint density at radius 3 is 2.31 bits per heavy atom. The van der Waals surface area contributed by atoms with Crippen LogP contribution in [0.2, 0.25) is 0 Å². The molecule has 0 spiro atoms. The topological polar surface area (TPSA) is 120 Å². The minimum absolute atomic E-state index is 0.123. The fourth-order valence-corrected chi connectivity index (χ4v) is 5.03. The predicted molar refractivity (Wildman–Crippen MR) is 147 cm³/mol. The molecule has 0 amide bonds. The quantitative estimate of drug-likeness (QED) is 0.273. The summed E-state index contributed by atoms with van der Waals surface area (Å²) in [6, 6.07) is 11.1. The van der Waals surface area contributed by atoms with Gasteiger partial charge in [0.2, 0.25) is 0 Å². The Morgan fingerprint density at radius 2 is 1.67 bits per heavy atom. The number of rotatable bonds is 9. The third kappa shape index (κ3) is 5.13. The van der Waals surface area contributed by atoms with Crippen molar-refractivity contribution in [2.24, 2.45) is 7.05 Å². The van der Waals surface area contributed by atoms with Crippen molar-refractivity contribution in [3.05, 3.63) is 73.2 Å². The van der Waals surface area contributed by atoms with Crippen LogP contribution in [0.5, 0.6) is 11.5 Å². The zero-order chi connectivity index (χ0) is 27.7. The van der Waals surface area contributed by atoms with Gasteiger partial charge in [0, 0.05) is 74.9 Å². The number of methoxy groups -OCH3 is 2. The van der Waals surface area contributed by atoms with Crippen LogP contribution in [0.4, 0.5) is 11.4 Å². The van der Waals surface area contributed by atoms with Crippen molar-refractivity contribution in [2.75, 3.05) is 33.2 Å². The summed E-state index contributed by atoms with van der Waals surface area (Å²) in [6.07, 6.45) is 8.22. The fourth-order valence-electron chi connectivity index (χ4n) is 4.10. The molecule has 5 aromatic rings. The highest BCUT2D eigenvalue weighted by molar-refractivity contribution is 7.87. The van der Waals surface area contributed by atoms with Gasteiger partial charge in [-0.25, -0.2) is 13.9 Å². The lowest BCUT2D eigenvalue weighted by atomic mass is 10.2. The fraction of sp³-hybridized carbons (Fsp3) is 0.231. The highest BCUT2D eigenvalue weighted by atomic mass is 32.2. The molecule has 5 rings (SSSR count). The van der Waals surface area contributed by atoms with E-state index in [2.05, 4.69) is 15.1 Å². The number of benzene rings is 2. The smallest absolute Gasteiger partial charge is 0.308 e. The maximum absolute atomic E-state index is 13.0. The summed E-state index contributed by atoms with van der Waals surface area (Å²) in [7, 11) is 4.16. The van der Waals surface area contributed by atoms with E-state index in [4.69, 9.17) is 14.5 Å². The van der Waals surface area contributed by atoms with Gasteiger partial charge in [-0.2, -0.15) is 17.8 Å². The zero-order valence-corrected chi connectivity index (χ0v) is 23.0. The molecule has 13 heteroatoms. The van der Waals surface area contributed by atoms with Crippen LogP contribution in [-0.2, 0) is 23.8 Å². The van der Waals surface area contributed by atoms with E-state index in [1.165, 1.54) is 30.5 Å². The molecule has 0 bridgehead atoms. The first-order valence-corrected chi connectivity index (χ1v) is 13.3. The summed E-state index contributed by atoms with van der Waals surface area (Å²) in [4.78, 5) is 15.7. The number of aromatic nitrogens is 6. The molecule has 3 heterocycles. The SMILES string of the molecule is COc1cc(OC)cc(N(Cc2nccn2S(=O)(=O)N(C)C)c2ccc3ncc(-c4cnn(C)c4)nc3c2)c1. The van der Waals surface area contributed by atoms with Crippen LogP contribution in [0, 0.1) is 0 Å². The molecule has 3 aromatic heterocycles. The van der Waals surface area contributed by atoms with Crippen molar-refractivity contribution in [1.82, 2.24) is 33.0 Å². The molecule has 0 radical (unpaired) electrons. The summed E-state index contributed by atoms with van der Waals surface area (Å²) < 4.78 is 41.0. The van der Waals surface area contributed by atoms with Crippen LogP contribution < -0.4 is 14.4 Å². The number of fused-ring (bicyclic) bond motifs is 1. The van der Waals surface area contributed by atoms with E-state index < -0.39 is 10.2 Å². The van der Waals surface area contributed by atoms with Gasteiger partial charge >= 0.3 is 10.2 Å². The number of ether oxygens (including phenoxy) is 2. The van der Waals surface area contributed by atoms with Crippen LogP contribution in [0.1, 0.15) is 5.82 Å². The molecular weight excluding hydrogens is 520 g/mol. The van der Waals surface area contributed by atoms with E-state index in [0.29, 0.717) is 39.7 Å². The van der Waals surface area contributed by atoms with Crippen molar-refractivity contribution >= 4 is 32.6 Å². The monoisotopic (exact) mass is 548 g/mol. The van der Waals surface area contributed by atoms with Crippen molar-refractivity contribution in [3.63, 3.8) is 0 Å². The molecule has 0 aliphatic carbocycles. The molecule has 0 N–H and O–H groups in total. The summed E-state index contributed by atoms with van der Waals surface area (Å²) >= 11 is 0. The van der Waals surface area contributed by atoms with Gasteiger partial charge in [0.15, 0.2) is 0 Å². The lowest BCUT2D eigenvalue weighted by Crippen LogP contribution is -2.31. The second-order valence-corrected chi connectivity index (χ2v) is 10.9. The molecule has 202 valence electrons. The van der Waals surface area contributed by atoms with Crippen molar-refractivity contribution in [1.29, 1.82) is 0 Å². The molecule has 0 unspecified atom stereocenters. The molecule has 0 atom stereocenters. The average molecular weight is 549 g/mol. The van der Waals surface area contributed by atoms with Crippen LogP contribution in [0.3, 0.4) is 0 Å². The summed E-state index contributed by atoms with van der Waals surface area (Å²) in [5, 5.41) is 4.23. The molecule has 0 aliphatic rings. The standard InChI is InChI=1S/C26H28N8O4S/c1-31(2)39(35,36)34-9-8-27-26(34)17-33(20-10-21(37-4)13-22(11-20)38-5)19-6-7-23-24(12-19)30-25(15-28-23)18-14-29-32(3)16-18/h6-16H,17H2,1-5H3. The van der Waals surface area contributed by atoms with Gasteiger partial charge in [-0.05, 0) is 18.2 Å². The third-order valence-corrected chi connectivity index (χ3v) is 7.93. The Bertz CT molecular complexity index is 1720. The number of hydrogen-bond donors (Lipinski definition) is 0. The number of anilines is 2. The Hall–Kier alpha value is -4.49. The molecule has 0 saturated heterocycles. The average Bonchev–Trinajstić information content (AvgIpc) is 3.60. The van der Waals surface area contributed by atoms with Crippen LogP contribution in [-0.4, -0.2) is 69.7 Å². The molecule has 2 aromatic carbocycles. The second kappa shape index (κ2) is 10.3. The Labute approximate surface area is 226 Å². The number of imidazole rings is 1. The molecule has 39 heavy (non-hydrogen) atoms. The number of nitrogens with zero attached hydrogens (tertiary/aromatic N) is 8. The molecular formula is C26H28N8O4S. The van der Waals surface area contributed by atoms with Crippen LogP contribution >= 0.6 is 0 Å². The summed E-state index contributed by atoms with van der Waals surface area (Å²) in [5.41, 5.74) is 4.37. The van der Waals surface area contributed by atoms with Gasteiger partial charge in [-0.15, -0.1) is 0 Å². The number of aryl methyl sites for hydroxylation is 1. The first-order valence-electron chi connectivity index (χ1n) is 11.9. The minimum Gasteiger partial charge on any atom is -0.497 e. The highest BCUT2D eigenvalue weighted by Gasteiger charge is 2.23. The lowest BCUT2D eigenvalue weighted by molar-refractivity contribution is 0.394. The van der Waals surface area contributed by atoms with Gasteiger partial charge in [-0.3, -0.25) is 9.67 Å². The van der Waals surface area contributed by atoms with E-state index in [-0.39, 0.29) is 6.54 Å². The minimum atomic E-state index is -3.79. The van der Waals surface area contributed by atoms with E-state index in [1.54, 1.807) is 37.4 Å². The van der Waals surface area contributed by atoms with Crippen LogP contribution in [0.25, 0.3) is 22.3 Å². The second-order valence-electron chi connectivity index (χ2n) is 8.92. The van der Waals surface area contributed by atoms with Crippen molar-refractivity contribution in [3.8, 4) is 22.8 Å². The highest BCUT2D eigenvalue weighted by Crippen LogP contribution is 2.35. The number of hydrogen-bond acceptors (Lipinski definition) is 9. The summed E-state index contributed by atoms with van der Waals surface area (Å²) in [5.74, 6) is 1.48. The maximum Gasteiger partial charge on any atom is 0.308 e. The van der Waals surface area contributed by atoms with Crippen molar-refractivity contribution in [2.45, 2.75) is 6.54 Å². The third-order valence-electron chi connectivity index (χ3n) is 6.18. The van der Waals surface area contributed by atoms with Gasteiger partial charge in [0.05, 0.1) is 49.9 Å². The van der Waals surface area contributed by atoms with Gasteiger partial charge in [0.1, 0.15) is 17.3 Å². The predicted octanol–water partition coefficient (Wildman–Crippen LogP) is 3.24.